The Morgan fingerprint density at radius 3 is 2.92 bits per heavy atom. The Kier molecular flexibility index (Phi) is 5.64. The molecule has 1 fully saturated rings. The SMILES string of the molecule is CCCNc1ncc(C(=O)C(=O)NC2C(=O)N3C(C)=C(CO)CSC23)s1. The van der Waals surface area contributed by atoms with Gasteiger partial charge in [-0.15, -0.1) is 11.8 Å². The molecule has 2 aliphatic heterocycles. The second-order valence-electron chi connectivity index (χ2n) is 5.99. The number of rotatable bonds is 7. The van der Waals surface area contributed by atoms with Gasteiger partial charge in [0.2, 0.25) is 0 Å². The van der Waals surface area contributed by atoms with Gasteiger partial charge in [0, 0.05) is 18.0 Å². The van der Waals surface area contributed by atoms with E-state index in [9.17, 15) is 19.5 Å². The fourth-order valence-corrected chi connectivity index (χ4v) is 5.00. The number of aromatic nitrogens is 1. The fraction of sp³-hybridized carbons (Fsp3) is 0.500. The number of carbonyl (C=O) groups is 3. The Morgan fingerprint density at radius 1 is 1.46 bits per heavy atom. The average Bonchev–Trinajstić information content (AvgIpc) is 3.11. The van der Waals surface area contributed by atoms with Crippen LogP contribution >= 0.6 is 23.1 Å². The number of allylic oxidation sites excluding steroid dienone is 1. The number of hydrogen-bond acceptors (Lipinski definition) is 8. The first kappa shape index (κ1) is 18.9. The topological polar surface area (TPSA) is 112 Å². The molecule has 2 atom stereocenters. The minimum Gasteiger partial charge on any atom is -0.392 e. The van der Waals surface area contributed by atoms with Crippen LogP contribution in [-0.4, -0.2) is 62.9 Å². The molecule has 3 rings (SSSR count). The third-order valence-electron chi connectivity index (χ3n) is 4.28. The lowest BCUT2D eigenvalue weighted by molar-refractivity contribution is -0.145. The Bertz CT molecular complexity index is 776. The zero-order valence-electron chi connectivity index (χ0n) is 14.4. The smallest absolute Gasteiger partial charge is 0.294 e. The molecule has 10 heteroatoms. The quantitative estimate of drug-likeness (QED) is 0.355. The molecule has 2 unspecified atom stereocenters. The summed E-state index contributed by atoms with van der Waals surface area (Å²) in [5.74, 6) is -1.16. The lowest BCUT2D eigenvalue weighted by Gasteiger charge is -2.49. The van der Waals surface area contributed by atoms with Gasteiger partial charge in [-0.3, -0.25) is 19.3 Å². The summed E-state index contributed by atoms with van der Waals surface area (Å²) in [6, 6.07) is -0.725. The van der Waals surface area contributed by atoms with Crippen molar-refractivity contribution in [3.8, 4) is 0 Å². The van der Waals surface area contributed by atoms with Crippen LogP contribution in [0.15, 0.2) is 17.5 Å². The van der Waals surface area contributed by atoms with Crippen molar-refractivity contribution in [2.75, 3.05) is 24.2 Å². The molecule has 3 N–H and O–H groups in total. The number of amides is 2. The zero-order chi connectivity index (χ0) is 18.8. The van der Waals surface area contributed by atoms with Crippen molar-refractivity contribution in [3.05, 3.63) is 22.3 Å². The summed E-state index contributed by atoms with van der Waals surface area (Å²) >= 11 is 2.59. The van der Waals surface area contributed by atoms with E-state index in [0.29, 0.717) is 10.9 Å². The number of β-lactam (4-membered cyclic amide) rings is 1. The van der Waals surface area contributed by atoms with E-state index >= 15 is 0 Å². The summed E-state index contributed by atoms with van der Waals surface area (Å²) in [7, 11) is 0. The minimum atomic E-state index is -0.802. The third kappa shape index (κ3) is 3.36. The number of aliphatic hydroxyl groups excluding tert-OH is 1. The van der Waals surface area contributed by atoms with Crippen LogP contribution in [0, 0.1) is 0 Å². The average molecular weight is 396 g/mol. The molecule has 8 nitrogen and oxygen atoms in total. The summed E-state index contributed by atoms with van der Waals surface area (Å²) in [5.41, 5.74) is 1.53. The van der Waals surface area contributed by atoms with Crippen molar-refractivity contribution in [3.63, 3.8) is 0 Å². The standard InChI is InChI=1S/C16H20N4O4S2/c1-3-4-17-16-18-5-10(26-16)12(22)13(23)19-11-14(24)20-8(2)9(6-21)7-25-15(11)20/h5,11,15,21H,3-4,6-7H2,1-2H3,(H,17,18)(H,19,23). The number of carbonyl (C=O) groups excluding carboxylic acids is 3. The van der Waals surface area contributed by atoms with Gasteiger partial charge in [0.15, 0.2) is 5.13 Å². The van der Waals surface area contributed by atoms with E-state index in [1.165, 1.54) is 18.0 Å². The molecule has 3 heterocycles. The predicted octanol–water partition coefficient (Wildman–Crippen LogP) is 0.814. The third-order valence-corrected chi connectivity index (χ3v) is 6.58. The molecule has 26 heavy (non-hydrogen) atoms. The van der Waals surface area contributed by atoms with Crippen LogP contribution in [0.3, 0.4) is 0 Å². The summed E-state index contributed by atoms with van der Waals surface area (Å²) in [4.78, 5) is 42.8. The van der Waals surface area contributed by atoms with E-state index in [-0.39, 0.29) is 22.8 Å². The van der Waals surface area contributed by atoms with Crippen molar-refractivity contribution in [1.82, 2.24) is 15.2 Å². The molecule has 0 spiro atoms. The molecule has 0 aromatic carbocycles. The summed E-state index contributed by atoms with van der Waals surface area (Å²) < 4.78 is 0. The predicted molar refractivity (Wildman–Crippen MR) is 100 cm³/mol. The highest BCUT2D eigenvalue weighted by Gasteiger charge is 2.51. The van der Waals surface area contributed by atoms with Gasteiger partial charge in [0.1, 0.15) is 16.3 Å². The first-order valence-corrected chi connectivity index (χ1v) is 10.1. The first-order chi connectivity index (χ1) is 12.5. The van der Waals surface area contributed by atoms with Crippen LogP contribution < -0.4 is 10.6 Å². The molecular formula is C16H20N4O4S2. The number of ketones is 1. The van der Waals surface area contributed by atoms with E-state index in [0.717, 1.165) is 35.6 Å². The summed E-state index contributed by atoms with van der Waals surface area (Å²) in [5, 5.41) is 15.3. The van der Waals surface area contributed by atoms with Crippen LogP contribution in [0.5, 0.6) is 0 Å². The van der Waals surface area contributed by atoms with Crippen molar-refractivity contribution in [2.45, 2.75) is 31.7 Å². The molecule has 0 aliphatic carbocycles. The maximum absolute atomic E-state index is 12.3. The number of Topliss-reactive ketones (excluding diaryl/α,β-unsaturated/α-hetero) is 1. The van der Waals surface area contributed by atoms with Crippen molar-refractivity contribution >= 4 is 45.8 Å². The minimum absolute atomic E-state index is 0.0926. The monoisotopic (exact) mass is 396 g/mol. The van der Waals surface area contributed by atoms with Gasteiger partial charge in [0.05, 0.1) is 12.8 Å². The van der Waals surface area contributed by atoms with Crippen molar-refractivity contribution in [2.24, 2.45) is 0 Å². The van der Waals surface area contributed by atoms with Gasteiger partial charge in [-0.05, 0) is 18.9 Å². The fourth-order valence-electron chi connectivity index (χ4n) is 2.76. The normalized spacial score (nSPS) is 22.0. The van der Waals surface area contributed by atoms with Crippen LogP contribution in [0.25, 0.3) is 0 Å². The van der Waals surface area contributed by atoms with Crippen LogP contribution in [-0.2, 0) is 9.59 Å². The molecule has 140 valence electrons. The molecule has 1 aromatic heterocycles. The number of hydrogen-bond donors (Lipinski definition) is 3. The Labute approximate surface area is 159 Å². The number of nitrogens with one attached hydrogen (secondary N) is 2. The van der Waals surface area contributed by atoms with Gasteiger partial charge in [-0.2, -0.15) is 0 Å². The summed E-state index contributed by atoms with van der Waals surface area (Å²) in [6.45, 7) is 4.44. The number of nitrogens with zero attached hydrogens (tertiary/aromatic N) is 2. The number of thioether (sulfide) groups is 1. The second-order valence-corrected chi connectivity index (χ2v) is 8.13. The molecule has 0 radical (unpaired) electrons. The summed E-state index contributed by atoms with van der Waals surface area (Å²) in [6.07, 6.45) is 2.30. The van der Waals surface area contributed by atoms with Crippen LogP contribution in [0.2, 0.25) is 0 Å². The van der Waals surface area contributed by atoms with E-state index in [1.54, 1.807) is 11.8 Å². The lowest BCUT2D eigenvalue weighted by atomic mass is 10.0. The van der Waals surface area contributed by atoms with Gasteiger partial charge in [0.25, 0.3) is 17.6 Å². The van der Waals surface area contributed by atoms with Gasteiger partial charge >= 0.3 is 0 Å². The maximum Gasteiger partial charge on any atom is 0.294 e. The number of aliphatic hydroxyl groups is 1. The van der Waals surface area contributed by atoms with Crippen LogP contribution in [0.4, 0.5) is 5.13 Å². The largest absolute Gasteiger partial charge is 0.392 e. The van der Waals surface area contributed by atoms with E-state index in [1.807, 2.05) is 6.92 Å². The van der Waals surface area contributed by atoms with E-state index in [4.69, 9.17) is 0 Å². The molecule has 2 amide bonds. The molecule has 1 saturated heterocycles. The number of thiazole rings is 1. The molecule has 1 aromatic rings. The maximum atomic E-state index is 12.3. The van der Waals surface area contributed by atoms with Gasteiger partial charge in [-0.25, -0.2) is 4.98 Å². The van der Waals surface area contributed by atoms with E-state index < -0.39 is 17.7 Å². The van der Waals surface area contributed by atoms with Crippen molar-refractivity contribution in [1.29, 1.82) is 0 Å². The Morgan fingerprint density at radius 2 is 2.23 bits per heavy atom. The van der Waals surface area contributed by atoms with E-state index in [2.05, 4.69) is 15.6 Å². The Balaban J connectivity index is 1.62. The molecule has 2 aliphatic rings. The van der Waals surface area contributed by atoms with Gasteiger partial charge < -0.3 is 15.7 Å². The number of fused-ring (bicyclic) bond motifs is 1. The first-order valence-electron chi connectivity index (χ1n) is 8.27. The lowest BCUT2D eigenvalue weighted by Crippen LogP contribution is -2.70. The highest BCUT2D eigenvalue weighted by molar-refractivity contribution is 8.00. The molecular weight excluding hydrogens is 376 g/mol. The number of anilines is 1. The second kappa shape index (κ2) is 7.77. The van der Waals surface area contributed by atoms with Gasteiger partial charge in [-0.1, -0.05) is 18.3 Å². The molecule has 0 bridgehead atoms. The van der Waals surface area contributed by atoms with Crippen molar-refractivity contribution < 1.29 is 19.5 Å². The Hall–Kier alpha value is -1.91. The highest BCUT2D eigenvalue weighted by atomic mass is 32.2. The molecule has 0 saturated carbocycles. The zero-order valence-corrected chi connectivity index (χ0v) is 16.1. The highest BCUT2D eigenvalue weighted by Crippen LogP contribution is 2.39. The van der Waals surface area contributed by atoms with Crippen LogP contribution in [0.1, 0.15) is 29.9 Å².